The van der Waals surface area contributed by atoms with E-state index in [1.165, 1.54) is 38.4 Å². The summed E-state index contributed by atoms with van der Waals surface area (Å²) in [6.45, 7) is -0.884. The predicted molar refractivity (Wildman–Crippen MR) is 205 cm³/mol. The van der Waals surface area contributed by atoms with Crippen LogP contribution in [-0.4, -0.2) is 64.4 Å². The number of ether oxygens (including phenoxy) is 3. The third-order valence-electron chi connectivity index (χ3n) is 9.25. The topological polar surface area (TPSA) is 168 Å². The molecule has 0 fully saturated rings. The van der Waals surface area contributed by atoms with E-state index in [9.17, 15) is 5.11 Å². The van der Waals surface area contributed by atoms with Crippen LogP contribution in [0.2, 0.25) is 0 Å². The van der Waals surface area contributed by atoms with E-state index in [1.807, 2.05) is 0 Å². The summed E-state index contributed by atoms with van der Waals surface area (Å²) in [6, 6.07) is 23.8. The number of methoxy groups -OCH3 is 3. The quantitative estimate of drug-likeness (QED) is 0.116. The molecule has 298 valence electrons. The normalized spacial score (nSPS) is 11.9. The van der Waals surface area contributed by atoms with Gasteiger partial charge in [0.05, 0.1) is 40.0 Å². The maximum atomic E-state index is 15.2. The minimum Gasteiger partial charge on any atom is -0.497 e. The van der Waals surface area contributed by atoms with E-state index < -0.39 is 26.7 Å². The van der Waals surface area contributed by atoms with E-state index in [-0.39, 0.29) is 61.9 Å². The Labute approximate surface area is 327 Å². The van der Waals surface area contributed by atoms with E-state index in [4.69, 9.17) is 19.9 Å². The zero-order valence-corrected chi connectivity index (χ0v) is 32.1. The van der Waals surface area contributed by atoms with Crippen LogP contribution in [0.5, 0.6) is 17.2 Å². The van der Waals surface area contributed by atoms with Gasteiger partial charge in [-0.25, -0.2) is 13.4 Å². The monoisotopic (exact) mass is 803 g/mol. The molecule has 2 heterocycles. The van der Waals surface area contributed by atoms with Crippen molar-refractivity contribution in [1.82, 2.24) is 29.5 Å². The lowest BCUT2D eigenvalue weighted by molar-refractivity contribution is -0.139. The summed E-state index contributed by atoms with van der Waals surface area (Å²) in [5.41, 5.74) is 7.07. The number of hydrogen-bond donors (Lipinski definition) is 2. The molecule has 0 radical (unpaired) electrons. The molecule has 0 saturated heterocycles. The van der Waals surface area contributed by atoms with Crippen molar-refractivity contribution in [2.75, 3.05) is 27.1 Å². The number of aromatic nitrogens is 5. The minimum atomic E-state index is -5.11. The number of benzene rings is 4. The molecule has 0 amide bonds. The number of nitrogen functional groups attached to an aromatic ring is 1. The van der Waals surface area contributed by atoms with Gasteiger partial charge in [0.15, 0.2) is 0 Å². The Balaban J connectivity index is 1.53. The second-order valence-corrected chi connectivity index (χ2v) is 14.9. The van der Waals surface area contributed by atoms with Crippen molar-refractivity contribution in [3.63, 3.8) is 0 Å². The van der Waals surface area contributed by atoms with Gasteiger partial charge in [-0.1, -0.05) is 42.5 Å². The average molecular weight is 804 g/mol. The molecule has 6 aromatic rings. The van der Waals surface area contributed by atoms with E-state index >= 15 is 21.6 Å². The number of aliphatic hydroxyl groups is 1. The Kier molecular flexibility index (Phi) is 12.4. The number of sulfonamides is 1. The molecule has 0 atom stereocenters. The Bertz CT molecular complexity index is 2360. The fourth-order valence-corrected chi connectivity index (χ4v) is 8.05. The van der Waals surface area contributed by atoms with Crippen molar-refractivity contribution in [3.05, 3.63) is 136 Å². The smallest absolute Gasteiger partial charge is 0.417 e. The van der Waals surface area contributed by atoms with E-state index in [0.717, 1.165) is 15.9 Å². The fourth-order valence-electron chi connectivity index (χ4n) is 6.21. The molecule has 13 nitrogen and oxygen atoms in total. The lowest BCUT2D eigenvalue weighted by atomic mass is 9.97. The molecule has 0 aliphatic carbocycles. The lowest BCUT2D eigenvalue weighted by Crippen LogP contribution is -2.32. The van der Waals surface area contributed by atoms with Crippen LogP contribution in [0.25, 0.3) is 11.4 Å². The number of aryl methyl sites for hydroxylation is 2. The number of tetrazole rings is 1. The highest BCUT2D eigenvalue weighted by Crippen LogP contribution is 2.42. The summed E-state index contributed by atoms with van der Waals surface area (Å²) < 4.78 is 92.7. The fraction of sp³-hybridized carbons (Fsp3) is 0.250. The van der Waals surface area contributed by atoms with Gasteiger partial charge in [-0.15, -0.1) is 10.2 Å². The van der Waals surface area contributed by atoms with Crippen molar-refractivity contribution in [1.29, 1.82) is 0 Å². The van der Waals surface area contributed by atoms with Gasteiger partial charge in [0, 0.05) is 30.4 Å². The van der Waals surface area contributed by atoms with Gasteiger partial charge in [0.2, 0.25) is 15.8 Å². The zero-order valence-electron chi connectivity index (χ0n) is 31.3. The van der Waals surface area contributed by atoms with Gasteiger partial charge in [-0.3, -0.25) is 0 Å². The molecule has 0 aliphatic heterocycles. The summed E-state index contributed by atoms with van der Waals surface area (Å²) in [6.07, 6.45) is -3.39. The average Bonchev–Trinajstić information content (AvgIpc) is 3.68. The van der Waals surface area contributed by atoms with Gasteiger partial charge in [-0.05, 0) is 94.4 Å². The van der Waals surface area contributed by atoms with Crippen molar-refractivity contribution in [3.8, 4) is 28.6 Å². The third kappa shape index (κ3) is 9.50. The van der Waals surface area contributed by atoms with Gasteiger partial charge in [-0.2, -0.15) is 22.3 Å². The third-order valence-corrected chi connectivity index (χ3v) is 11.1. The molecule has 0 bridgehead atoms. The van der Waals surface area contributed by atoms with E-state index in [1.54, 1.807) is 78.9 Å². The highest BCUT2D eigenvalue weighted by Gasteiger charge is 2.43. The van der Waals surface area contributed by atoms with Crippen LogP contribution >= 0.6 is 0 Å². The standard InChI is InChI=1S/C40H40F3N7O6S/c1-54-32-13-5-26(6-14-32)22-49(23-27-7-15-33(55-2)16-8-27)57(52,53)37-35(40(41,42)43)19-12-30(11-4-29-20-31(25-51)38(44)45-21-29)36(37)39-46-48-50(47-39)24-28-9-17-34(56-3)18-10-28/h5-10,12-21,51H,4,11,22-25H2,1-3H3,(H2,44,45). The minimum absolute atomic E-state index is 0.0381. The number of anilines is 1. The van der Waals surface area contributed by atoms with Crippen molar-refractivity contribution in [2.45, 2.75) is 50.2 Å². The number of halogens is 3. The maximum absolute atomic E-state index is 15.2. The highest BCUT2D eigenvalue weighted by molar-refractivity contribution is 7.89. The molecular formula is C40H40F3N7O6S. The van der Waals surface area contributed by atoms with Crippen molar-refractivity contribution in [2.24, 2.45) is 0 Å². The summed E-state index contributed by atoms with van der Waals surface area (Å²) in [4.78, 5) is 4.30. The lowest BCUT2D eigenvalue weighted by Gasteiger charge is -2.27. The summed E-state index contributed by atoms with van der Waals surface area (Å²) >= 11 is 0. The zero-order chi connectivity index (χ0) is 40.7. The second-order valence-electron chi connectivity index (χ2n) is 13.0. The SMILES string of the molecule is COc1ccc(CN(Cc2ccc(OC)cc2)S(=O)(=O)c2c(C(F)(F)F)ccc(CCc3cnc(N)c(CO)c3)c2-c2nnn(Cc3ccc(OC)cc3)n2)cc1. The molecule has 17 heteroatoms. The van der Waals surface area contributed by atoms with Gasteiger partial charge in [0.25, 0.3) is 0 Å². The van der Waals surface area contributed by atoms with E-state index in [0.29, 0.717) is 39.5 Å². The molecule has 57 heavy (non-hydrogen) atoms. The molecule has 2 aromatic heterocycles. The molecule has 0 aliphatic rings. The number of hydrogen-bond acceptors (Lipinski definition) is 11. The number of pyridine rings is 1. The van der Waals surface area contributed by atoms with Gasteiger partial charge < -0.3 is 25.1 Å². The number of rotatable bonds is 16. The Morgan fingerprint density at radius 3 is 1.81 bits per heavy atom. The largest absolute Gasteiger partial charge is 0.497 e. The Morgan fingerprint density at radius 1 is 0.754 bits per heavy atom. The van der Waals surface area contributed by atoms with Crippen molar-refractivity contribution < 1.29 is 40.9 Å². The predicted octanol–water partition coefficient (Wildman–Crippen LogP) is 6.08. The van der Waals surface area contributed by atoms with E-state index in [2.05, 4.69) is 20.4 Å². The van der Waals surface area contributed by atoms with Crippen LogP contribution in [-0.2, 0) is 55.3 Å². The first-order valence-electron chi connectivity index (χ1n) is 17.6. The summed E-state index contributed by atoms with van der Waals surface area (Å²) in [5.74, 6) is 1.47. The molecule has 3 N–H and O–H groups in total. The summed E-state index contributed by atoms with van der Waals surface area (Å²) in [5, 5.41) is 22.5. The van der Waals surface area contributed by atoms with Gasteiger partial charge in [0.1, 0.15) is 28.0 Å². The first-order valence-corrected chi connectivity index (χ1v) is 19.0. The van der Waals surface area contributed by atoms with Crippen LogP contribution in [0.3, 0.4) is 0 Å². The molecule has 0 unspecified atom stereocenters. The Hall–Kier alpha value is -6.04. The first-order chi connectivity index (χ1) is 27.3. The number of alkyl halides is 3. The number of nitrogens with zero attached hydrogens (tertiary/aromatic N) is 6. The van der Waals surface area contributed by atoms with Crippen molar-refractivity contribution >= 4 is 15.8 Å². The highest BCUT2D eigenvalue weighted by atomic mass is 32.2. The second kappa shape index (κ2) is 17.4. The summed E-state index contributed by atoms with van der Waals surface area (Å²) in [7, 11) is -0.541. The number of nitrogens with two attached hydrogens (primary N) is 1. The molecule has 0 spiro atoms. The van der Waals surface area contributed by atoms with Gasteiger partial charge >= 0.3 is 6.18 Å². The maximum Gasteiger partial charge on any atom is 0.417 e. The Morgan fingerprint density at radius 2 is 1.30 bits per heavy atom. The van der Waals surface area contributed by atoms with Crippen LogP contribution in [0.15, 0.2) is 102 Å². The van der Waals surface area contributed by atoms with Crippen LogP contribution in [0.4, 0.5) is 19.0 Å². The van der Waals surface area contributed by atoms with Crippen LogP contribution in [0, 0.1) is 0 Å². The molecule has 4 aromatic carbocycles. The van der Waals surface area contributed by atoms with Crippen LogP contribution in [0.1, 0.15) is 38.9 Å². The molecular weight excluding hydrogens is 764 g/mol. The number of aliphatic hydroxyl groups excluding tert-OH is 1. The first kappa shape index (κ1) is 40.6. The van der Waals surface area contributed by atoms with Crippen LogP contribution < -0.4 is 19.9 Å². The molecule has 6 rings (SSSR count). The molecule has 0 saturated carbocycles.